The third-order valence-corrected chi connectivity index (χ3v) is 4.56. The number of hydrogen-bond donors (Lipinski definition) is 1. The normalized spacial score (nSPS) is 10.8. The van der Waals surface area contributed by atoms with E-state index < -0.39 is 0 Å². The molecule has 0 fully saturated rings. The van der Waals surface area contributed by atoms with E-state index in [1.54, 1.807) is 32.8 Å². The molecule has 2 aromatic heterocycles. The van der Waals surface area contributed by atoms with E-state index in [1.165, 1.54) is 0 Å². The molecule has 0 radical (unpaired) electrons. The SMILES string of the molecule is COc1cnc2c(c1)ncn2Cc1cc(O)c(OCc2ccccc2)c(OC)c1. The van der Waals surface area contributed by atoms with Crippen LogP contribution in [0.25, 0.3) is 11.2 Å². The van der Waals surface area contributed by atoms with Crippen LogP contribution in [-0.2, 0) is 13.2 Å². The number of imidazole rings is 1. The van der Waals surface area contributed by atoms with Gasteiger partial charge in [0.1, 0.15) is 17.9 Å². The number of hydrogen-bond acceptors (Lipinski definition) is 6. The summed E-state index contributed by atoms with van der Waals surface area (Å²) in [7, 11) is 3.14. The zero-order valence-electron chi connectivity index (χ0n) is 16.2. The molecule has 0 atom stereocenters. The monoisotopic (exact) mass is 391 g/mol. The minimum absolute atomic E-state index is 0.0225. The highest BCUT2D eigenvalue weighted by Crippen LogP contribution is 2.38. The number of nitrogens with zero attached hydrogens (tertiary/aromatic N) is 3. The number of pyridine rings is 1. The quantitative estimate of drug-likeness (QED) is 0.517. The Morgan fingerprint density at radius 3 is 2.55 bits per heavy atom. The Labute approximate surface area is 168 Å². The number of ether oxygens (including phenoxy) is 3. The molecular weight excluding hydrogens is 370 g/mol. The first kappa shape index (κ1) is 18.6. The molecule has 1 N–H and O–H groups in total. The van der Waals surface area contributed by atoms with Crippen molar-refractivity contribution in [2.45, 2.75) is 13.2 Å². The molecule has 0 aliphatic carbocycles. The molecule has 4 aromatic rings. The first-order valence-electron chi connectivity index (χ1n) is 9.09. The molecule has 148 valence electrons. The summed E-state index contributed by atoms with van der Waals surface area (Å²) in [6, 6.07) is 15.1. The van der Waals surface area contributed by atoms with Gasteiger partial charge in [0.2, 0.25) is 5.75 Å². The van der Waals surface area contributed by atoms with Gasteiger partial charge in [0, 0.05) is 6.07 Å². The highest BCUT2D eigenvalue weighted by Gasteiger charge is 2.14. The molecule has 0 bridgehead atoms. The zero-order chi connectivity index (χ0) is 20.2. The van der Waals surface area contributed by atoms with Crippen molar-refractivity contribution < 1.29 is 19.3 Å². The molecular formula is C22H21N3O4. The summed E-state index contributed by atoms with van der Waals surface area (Å²) >= 11 is 0. The summed E-state index contributed by atoms with van der Waals surface area (Å²) in [5.74, 6) is 1.46. The molecule has 0 aliphatic heterocycles. The van der Waals surface area contributed by atoms with Crippen LogP contribution in [0.2, 0.25) is 0 Å². The second kappa shape index (κ2) is 8.10. The van der Waals surface area contributed by atoms with Crippen molar-refractivity contribution in [3.8, 4) is 23.0 Å². The van der Waals surface area contributed by atoms with Crippen LogP contribution in [0, 0.1) is 0 Å². The molecule has 0 amide bonds. The van der Waals surface area contributed by atoms with Crippen LogP contribution in [-0.4, -0.2) is 33.9 Å². The molecule has 4 rings (SSSR count). The number of benzene rings is 2. The Balaban J connectivity index is 1.58. The molecule has 2 heterocycles. The van der Waals surface area contributed by atoms with Crippen LogP contribution in [0.3, 0.4) is 0 Å². The number of rotatable bonds is 7. The number of phenolic OH excluding ortho intramolecular Hbond substituents is 1. The number of aromatic nitrogens is 3. The van der Waals surface area contributed by atoms with Gasteiger partial charge in [0.25, 0.3) is 0 Å². The van der Waals surface area contributed by atoms with E-state index in [9.17, 15) is 5.11 Å². The molecule has 0 spiro atoms. The maximum Gasteiger partial charge on any atom is 0.203 e. The Morgan fingerprint density at radius 2 is 1.79 bits per heavy atom. The molecule has 0 aliphatic rings. The lowest BCUT2D eigenvalue weighted by molar-refractivity contribution is 0.269. The predicted octanol–water partition coefficient (Wildman–Crippen LogP) is 3.78. The standard InChI is InChI=1S/C22H21N3O4/c1-27-17-10-18-22(23-11-17)25(14-24-18)12-16-8-19(26)21(20(9-16)28-2)29-13-15-6-4-3-5-7-15/h3-11,14,26H,12-13H2,1-2H3. The van der Waals surface area contributed by atoms with Crippen LogP contribution in [0.5, 0.6) is 23.0 Å². The summed E-state index contributed by atoms with van der Waals surface area (Å²) in [5.41, 5.74) is 3.31. The minimum atomic E-state index is 0.0225. The summed E-state index contributed by atoms with van der Waals surface area (Å²) in [6.07, 6.45) is 3.36. The van der Waals surface area contributed by atoms with Gasteiger partial charge in [-0.25, -0.2) is 9.97 Å². The van der Waals surface area contributed by atoms with Crippen molar-refractivity contribution in [2.75, 3.05) is 14.2 Å². The van der Waals surface area contributed by atoms with Crippen molar-refractivity contribution in [1.82, 2.24) is 14.5 Å². The van der Waals surface area contributed by atoms with Gasteiger partial charge < -0.3 is 23.9 Å². The topological polar surface area (TPSA) is 78.6 Å². The third-order valence-electron chi connectivity index (χ3n) is 4.56. The van der Waals surface area contributed by atoms with E-state index in [0.29, 0.717) is 30.4 Å². The van der Waals surface area contributed by atoms with Gasteiger partial charge in [-0.05, 0) is 23.3 Å². The summed E-state index contributed by atoms with van der Waals surface area (Å²) in [6.45, 7) is 0.806. The Bertz CT molecular complexity index is 1130. The van der Waals surface area contributed by atoms with E-state index in [2.05, 4.69) is 9.97 Å². The second-order valence-corrected chi connectivity index (χ2v) is 6.51. The zero-order valence-corrected chi connectivity index (χ0v) is 16.2. The smallest absolute Gasteiger partial charge is 0.203 e. The van der Waals surface area contributed by atoms with E-state index in [-0.39, 0.29) is 5.75 Å². The van der Waals surface area contributed by atoms with Gasteiger partial charge in [-0.2, -0.15) is 0 Å². The fraction of sp³-hybridized carbons (Fsp3) is 0.182. The lowest BCUT2D eigenvalue weighted by Gasteiger charge is -2.14. The molecule has 2 aromatic carbocycles. The van der Waals surface area contributed by atoms with Gasteiger partial charge in [-0.15, -0.1) is 0 Å². The van der Waals surface area contributed by atoms with E-state index in [0.717, 1.165) is 22.3 Å². The first-order valence-corrected chi connectivity index (χ1v) is 9.09. The Hall–Kier alpha value is -3.74. The third kappa shape index (κ3) is 3.94. The lowest BCUT2D eigenvalue weighted by Crippen LogP contribution is -2.02. The number of phenols is 1. The Morgan fingerprint density at radius 1 is 0.966 bits per heavy atom. The van der Waals surface area contributed by atoms with Crippen molar-refractivity contribution in [1.29, 1.82) is 0 Å². The van der Waals surface area contributed by atoms with Crippen molar-refractivity contribution in [3.05, 3.63) is 72.2 Å². The number of methoxy groups -OCH3 is 2. The average molecular weight is 391 g/mol. The fourth-order valence-electron chi connectivity index (χ4n) is 3.12. The first-order chi connectivity index (χ1) is 14.2. The van der Waals surface area contributed by atoms with Crippen molar-refractivity contribution >= 4 is 11.2 Å². The van der Waals surface area contributed by atoms with Gasteiger partial charge >= 0.3 is 0 Å². The van der Waals surface area contributed by atoms with E-state index >= 15 is 0 Å². The highest BCUT2D eigenvalue weighted by atomic mass is 16.5. The van der Waals surface area contributed by atoms with Crippen LogP contribution in [0.1, 0.15) is 11.1 Å². The minimum Gasteiger partial charge on any atom is -0.504 e. The molecule has 0 saturated heterocycles. The second-order valence-electron chi connectivity index (χ2n) is 6.51. The average Bonchev–Trinajstić information content (AvgIpc) is 3.15. The van der Waals surface area contributed by atoms with E-state index in [4.69, 9.17) is 14.2 Å². The molecule has 7 nitrogen and oxygen atoms in total. The predicted molar refractivity (Wildman–Crippen MR) is 109 cm³/mol. The van der Waals surface area contributed by atoms with Crippen LogP contribution >= 0.6 is 0 Å². The lowest BCUT2D eigenvalue weighted by atomic mass is 10.1. The summed E-state index contributed by atoms with van der Waals surface area (Å²) in [4.78, 5) is 8.78. The van der Waals surface area contributed by atoms with Crippen LogP contribution < -0.4 is 14.2 Å². The largest absolute Gasteiger partial charge is 0.504 e. The van der Waals surface area contributed by atoms with Gasteiger partial charge in [0.15, 0.2) is 17.1 Å². The van der Waals surface area contributed by atoms with Crippen molar-refractivity contribution in [3.63, 3.8) is 0 Å². The summed E-state index contributed by atoms with van der Waals surface area (Å²) in [5, 5.41) is 10.5. The Kier molecular flexibility index (Phi) is 5.20. The maximum atomic E-state index is 10.5. The highest BCUT2D eigenvalue weighted by molar-refractivity contribution is 5.72. The summed E-state index contributed by atoms with van der Waals surface area (Å²) < 4.78 is 18.3. The van der Waals surface area contributed by atoms with Crippen LogP contribution in [0.4, 0.5) is 0 Å². The maximum absolute atomic E-state index is 10.5. The molecule has 29 heavy (non-hydrogen) atoms. The number of aromatic hydroxyl groups is 1. The molecule has 0 unspecified atom stereocenters. The number of fused-ring (bicyclic) bond motifs is 1. The van der Waals surface area contributed by atoms with Gasteiger partial charge in [-0.3, -0.25) is 0 Å². The van der Waals surface area contributed by atoms with Crippen molar-refractivity contribution in [2.24, 2.45) is 0 Å². The fourth-order valence-corrected chi connectivity index (χ4v) is 3.12. The van der Waals surface area contributed by atoms with Crippen LogP contribution in [0.15, 0.2) is 61.1 Å². The van der Waals surface area contributed by atoms with Gasteiger partial charge in [0.05, 0.1) is 33.3 Å². The van der Waals surface area contributed by atoms with Gasteiger partial charge in [-0.1, -0.05) is 30.3 Å². The molecule has 7 heteroatoms. The molecule has 0 saturated carbocycles. The van der Waals surface area contributed by atoms with E-state index in [1.807, 2.05) is 47.0 Å².